The lowest BCUT2D eigenvalue weighted by molar-refractivity contribution is 0.00578. The lowest BCUT2D eigenvalue weighted by atomic mass is 9.49. The smallest absolute Gasteiger partial charge is 0.403 e. The van der Waals surface area contributed by atoms with Crippen molar-refractivity contribution in [3.05, 3.63) is 0 Å². The molecule has 0 aromatic heterocycles. The van der Waals surface area contributed by atoms with E-state index in [0.29, 0.717) is 5.92 Å². The Morgan fingerprint density at radius 3 is 1.09 bits per heavy atom. The van der Waals surface area contributed by atoms with Crippen LogP contribution in [0, 0.1) is 5.92 Å². The molecule has 0 amide bonds. The summed E-state index contributed by atoms with van der Waals surface area (Å²) in [6.07, 6.45) is 0.938. The molecule has 0 N–H and O–H groups in total. The Kier molecular flexibility index (Phi) is 4.83. The molecule has 0 unspecified atom stereocenters. The van der Waals surface area contributed by atoms with Crippen molar-refractivity contribution in [3.8, 4) is 0 Å². The van der Waals surface area contributed by atoms with E-state index >= 15 is 0 Å². The van der Waals surface area contributed by atoms with Crippen molar-refractivity contribution in [1.29, 1.82) is 0 Å². The Morgan fingerprint density at radius 2 is 0.870 bits per heavy atom. The van der Waals surface area contributed by atoms with E-state index in [0.717, 1.165) is 6.42 Å². The highest BCUT2D eigenvalue weighted by Crippen LogP contribution is 2.46. The van der Waals surface area contributed by atoms with E-state index in [1.165, 1.54) is 0 Å². The van der Waals surface area contributed by atoms with E-state index in [9.17, 15) is 0 Å². The maximum Gasteiger partial charge on any atom is 0.458 e. The van der Waals surface area contributed by atoms with Gasteiger partial charge in [-0.2, -0.15) is 0 Å². The lowest BCUT2D eigenvalue weighted by Crippen LogP contribution is -2.41. The molecule has 2 rings (SSSR count). The molecule has 4 nitrogen and oxygen atoms in total. The summed E-state index contributed by atoms with van der Waals surface area (Å²) in [6, 6.07) is 0. The molecule has 0 aliphatic carbocycles. The maximum absolute atomic E-state index is 6.29. The number of hydrogen-bond donors (Lipinski definition) is 0. The number of hydrogen-bond acceptors (Lipinski definition) is 4. The molecular formula is C17H34B2O4. The SMILES string of the molecule is CC(C)CC(B1OC(C)(C)C(C)(C)O1)B1OC(C)(C)C(C)(C)O1. The standard InChI is InChI=1S/C17H34B2O4/c1-12(2)11-13(18-20-14(3,4)15(5,6)21-18)19-22-16(7,8)17(9,10)23-19/h12-13H,11H2,1-10H3. The Bertz CT molecular complexity index is 378. The molecule has 6 heteroatoms. The van der Waals surface area contributed by atoms with Crippen molar-refractivity contribution in [2.24, 2.45) is 5.92 Å². The summed E-state index contributed by atoms with van der Waals surface area (Å²) in [5, 5.41) is 0. The molecule has 0 aromatic carbocycles. The zero-order chi connectivity index (χ0) is 17.8. The molecular weight excluding hydrogens is 290 g/mol. The highest BCUT2D eigenvalue weighted by atomic mass is 16.7. The van der Waals surface area contributed by atoms with Crippen molar-refractivity contribution < 1.29 is 18.6 Å². The topological polar surface area (TPSA) is 36.9 Å². The van der Waals surface area contributed by atoms with Crippen molar-refractivity contribution >= 4 is 14.2 Å². The molecule has 23 heavy (non-hydrogen) atoms. The van der Waals surface area contributed by atoms with Crippen molar-refractivity contribution in [1.82, 2.24) is 0 Å². The van der Waals surface area contributed by atoms with Crippen molar-refractivity contribution in [2.75, 3.05) is 0 Å². The second-order valence-corrected chi connectivity index (χ2v) is 9.54. The van der Waals surface area contributed by atoms with Gasteiger partial charge in [-0.1, -0.05) is 20.3 Å². The van der Waals surface area contributed by atoms with E-state index in [-0.39, 0.29) is 42.4 Å². The lowest BCUT2D eigenvalue weighted by Gasteiger charge is -2.32. The summed E-state index contributed by atoms with van der Waals surface area (Å²) < 4.78 is 25.2. The van der Waals surface area contributed by atoms with Crippen LogP contribution in [0.3, 0.4) is 0 Å². The molecule has 2 aliphatic heterocycles. The summed E-state index contributed by atoms with van der Waals surface area (Å²) in [4.78, 5) is 0. The van der Waals surface area contributed by atoms with Crippen LogP contribution in [0.1, 0.15) is 75.7 Å². The second-order valence-electron chi connectivity index (χ2n) is 9.54. The first-order valence-corrected chi connectivity index (χ1v) is 8.90. The third kappa shape index (κ3) is 3.51. The quantitative estimate of drug-likeness (QED) is 0.729. The van der Waals surface area contributed by atoms with Gasteiger partial charge in [0.2, 0.25) is 0 Å². The molecule has 0 radical (unpaired) electrons. The minimum absolute atomic E-state index is 0.0529. The minimum Gasteiger partial charge on any atom is -0.403 e. The van der Waals surface area contributed by atoms with E-state index in [1.807, 2.05) is 0 Å². The van der Waals surface area contributed by atoms with Crippen LogP contribution in [0.4, 0.5) is 0 Å². The van der Waals surface area contributed by atoms with E-state index < -0.39 is 0 Å². The third-order valence-electron chi connectivity index (χ3n) is 5.99. The van der Waals surface area contributed by atoms with Gasteiger partial charge in [-0.25, -0.2) is 0 Å². The van der Waals surface area contributed by atoms with E-state index in [4.69, 9.17) is 18.6 Å². The van der Waals surface area contributed by atoms with Crippen LogP contribution >= 0.6 is 0 Å². The first-order valence-electron chi connectivity index (χ1n) is 8.90. The highest BCUT2D eigenvalue weighted by molar-refractivity contribution is 6.68. The first-order chi connectivity index (χ1) is 10.2. The Labute approximate surface area is 143 Å². The van der Waals surface area contributed by atoms with Gasteiger partial charge in [-0.15, -0.1) is 0 Å². The van der Waals surface area contributed by atoms with Crippen LogP contribution in [0.25, 0.3) is 0 Å². The fourth-order valence-electron chi connectivity index (χ4n) is 3.02. The van der Waals surface area contributed by atoms with E-state index in [2.05, 4.69) is 69.2 Å². The fourth-order valence-corrected chi connectivity index (χ4v) is 3.02. The zero-order valence-electron chi connectivity index (χ0n) is 16.6. The van der Waals surface area contributed by atoms with Crippen LogP contribution in [0.2, 0.25) is 5.72 Å². The summed E-state index contributed by atoms with van der Waals surface area (Å²) in [5.41, 5.74) is -1.29. The normalized spacial score (nSPS) is 28.2. The van der Waals surface area contributed by atoms with Crippen molar-refractivity contribution in [3.63, 3.8) is 0 Å². The van der Waals surface area contributed by atoms with Gasteiger partial charge < -0.3 is 18.6 Å². The summed E-state index contributed by atoms with van der Waals surface area (Å²) in [5.74, 6) is 0.512. The number of rotatable bonds is 4. The Balaban J connectivity index is 2.23. The van der Waals surface area contributed by atoms with Gasteiger partial charge in [-0.3, -0.25) is 0 Å². The van der Waals surface area contributed by atoms with Gasteiger partial charge in [0, 0.05) is 5.72 Å². The molecule has 0 saturated carbocycles. The van der Waals surface area contributed by atoms with Crippen LogP contribution in [-0.2, 0) is 18.6 Å². The Morgan fingerprint density at radius 1 is 0.609 bits per heavy atom. The maximum atomic E-state index is 6.29. The first kappa shape index (κ1) is 19.3. The van der Waals surface area contributed by atoms with Crippen molar-refractivity contribution in [2.45, 2.75) is 104 Å². The molecule has 2 fully saturated rings. The molecule has 0 spiro atoms. The van der Waals surface area contributed by atoms with Crippen LogP contribution in [-0.4, -0.2) is 36.6 Å². The van der Waals surface area contributed by atoms with Crippen LogP contribution in [0.15, 0.2) is 0 Å². The van der Waals surface area contributed by atoms with Gasteiger partial charge in [-0.05, 0) is 61.3 Å². The van der Waals surface area contributed by atoms with Crippen LogP contribution in [0.5, 0.6) is 0 Å². The highest BCUT2D eigenvalue weighted by Gasteiger charge is 2.61. The summed E-state index contributed by atoms with van der Waals surface area (Å²) in [7, 11) is -0.616. The monoisotopic (exact) mass is 324 g/mol. The predicted molar refractivity (Wildman–Crippen MR) is 95.4 cm³/mol. The zero-order valence-corrected chi connectivity index (χ0v) is 16.6. The largest absolute Gasteiger partial charge is 0.458 e. The van der Waals surface area contributed by atoms with Gasteiger partial charge in [0.15, 0.2) is 0 Å². The minimum atomic E-state index is -0.337. The molecule has 0 atom stereocenters. The van der Waals surface area contributed by atoms with Gasteiger partial charge in [0.1, 0.15) is 0 Å². The average Bonchev–Trinajstić information content (AvgIpc) is 2.65. The Hall–Kier alpha value is -0.0301. The molecule has 2 aliphatic rings. The molecule has 2 saturated heterocycles. The summed E-state index contributed by atoms with van der Waals surface area (Å²) in [6.45, 7) is 21.1. The molecule has 132 valence electrons. The van der Waals surface area contributed by atoms with Gasteiger partial charge in [0.25, 0.3) is 0 Å². The molecule has 0 bridgehead atoms. The van der Waals surface area contributed by atoms with Gasteiger partial charge in [0.05, 0.1) is 22.4 Å². The molecule has 0 aromatic rings. The average molecular weight is 324 g/mol. The van der Waals surface area contributed by atoms with E-state index in [1.54, 1.807) is 0 Å². The summed E-state index contributed by atoms with van der Waals surface area (Å²) >= 11 is 0. The van der Waals surface area contributed by atoms with Gasteiger partial charge >= 0.3 is 14.2 Å². The van der Waals surface area contributed by atoms with Crippen LogP contribution < -0.4 is 0 Å². The second kappa shape index (κ2) is 5.76. The molecule has 2 heterocycles. The predicted octanol–water partition coefficient (Wildman–Crippen LogP) is 4.13. The fraction of sp³-hybridized carbons (Fsp3) is 1.00. The third-order valence-corrected chi connectivity index (χ3v) is 5.99.